The first-order chi connectivity index (χ1) is 8.06. The fourth-order valence-electron chi connectivity index (χ4n) is 1.24. The minimum absolute atomic E-state index is 0.140. The van der Waals surface area contributed by atoms with Gasteiger partial charge in [0.05, 0.1) is 13.0 Å². The van der Waals surface area contributed by atoms with E-state index in [0.717, 1.165) is 0 Å². The molecule has 0 spiro atoms. The molecular formula is C13H15NO3. The molecule has 4 heteroatoms. The van der Waals surface area contributed by atoms with Crippen molar-refractivity contribution >= 4 is 17.6 Å². The summed E-state index contributed by atoms with van der Waals surface area (Å²) < 4.78 is 4.52. The van der Waals surface area contributed by atoms with Crippen molar-refractivity contribution in [2.75, 3.05) is 12.4 Å². The van der Waals surface area contributed by atoms with E-state index in [1.807, 2.05) is 18.2 Å². The average molecular weight is 233 g/mol. The third kappa shape index (κ3) is 3.45. The molecule has 1 N–H and O–H groups in total. The van der Waals surface area contributed by atoms with Crippen molar-refractivity contribution < 1.29 is 14.3 Å². The van der Waals surface area contributed by atoms with Gasteiger partial charge in [-0.3, -0.25) is 4.79 Å². The van der Waals surface area contributed by atoms with E-state index in [0.29, 0.717) is 5.69 Å². The van der Waals surface area contributed by atoms with Crippen LogP contribution in [0.4, 0.5) is 5.69 Å². The van der Waals surface area contributed by atoms with Crippen LogP contribution in [0.5, 0.6) is 0 Å². The third-order valence-corrected chi connectivity index (χ3v) is 2.40. The number of esters is 1. The van der Waals surface area contributed by atoms with E-state index in [1.165, 1.54) is 7.11 Å². The number of hydrogen-bond donors (Lipinski definition) is 1. The van der Waals surface area contributed by atoms with Crippen LogP contribution < -0.4 is 5.32 Å². The molecule has 0 bridgehead atoms. The van der Waals surface area contributed by atoms with Gasteiger partial charge in [-0.15, -0.1) is 0 Å². The molecule has 0 aliphatic rings. The third-order valence-electron chi connectivity index (χ3n) is 2.40. The monoisotopic (exact) mass is 233 g/mol. The van der Waals surface area contributed by atoms with E-state index in [9.17, 15) is 9.59 Å². The summed E-state index contributed by atoms with van der Waals surface area (Å²) in [6.45, 7) is 5.16. The van der Waals surface area contributed by atoms with Crippen LogP contribution in [0.25, 0.3) is 0 Å². The second-order valence-corrected chi connectivity index (χ2v) is 3.59. The van der Waals surface area contributed by atoms with Gasteiger partial charge in [0.25, 0.3) is 0 Å². The fraction of sp³-hybridized carbons (Fsp3) is 0.231. The maximum Gasteiger partial charge on any atom is 0.333 e. The molecular weight excluding hydrogens is 218 g/mol. The van der Waals surface area contributed by atoms with Crippen molar-refractivity contribution in [3.63, 3.8) is 0 Å². The highest BCUT2D eigenvalue weighted by Crippen LogP contribution is 2.13. The van der Waals surface area contributed by atoms with Crippen LogP contribution in [0.1, 0.15) is 6.92 Å². The number of rotatable bonds is 4. The quantitative estimate of drug-likeness (QED) is 0.639. The fourth-order valence-corrected chi connectivity index (χ4v) is 1.24. The predicted molar refractivity (Wildman–Crippen MR) is 65.4 cm³/mol. The Balaban J connectivity index is 2.65. The standard InChI is InChI=1S/C13H15NO3/c1-9(10(2)13(16)17-3)12(15)14-11-7-5-4-6-8-11/h4-9H,2H2,1,3H3,(H,14,15). The van der Waals surface area contributed by atoms with Crippen LogP contribution in [-0.4, -0.2) is 19.0 Å². The summed E-state index contributed by atoms with van der Waals surface area (Å²) >= 11 is 0. The number of ether oxygens (including phenoxy) is 1. The van der Waals surface area contributed by atoms with E-state index in [4.69, 9.17) is 0 Å². The Morgan fingerprint density at radius 3 is 2.41 bits per heavy atom. The van der Waals surface area contributed by atoms with Gasteiger partial charge in [-0.2, -0.15) is 0 Å². The molecule has 0 fully saturated rings. The molecule has 1 aromatic rings. The van der Waals surface area contributed by atoms with Crippen molar-refractivity contribution in [3.8, 4) is 0 Å². The van der Waals surface area contributed by atoms with Crippen molar-refractivity contribution in [2.45, 2.75) is 6.92 Å². The summed E-state index contributed by atoms with van der Waals surface area (Å²) in [7, 11) is 1.26. The molecule has 0 aromatic heterocycles. The number of carbonyl (C=O) groups excluding carboxylic acids is 2. The lowest BCUT2D eigenvalue weighted by Gasteiger charge is -2.13. The molecule has 17 heavy (non-hydrogen) atoms. The van der Waals surface area contributed by atoms with E-state index < -0.39 is 11.9 Å². The van der Waals surface area contributed by atoms with Crippen LogP contribution in [0.3, 0.4) is 0 Å². The van der Waals surface area contributed by atoms with Gasteiger partial charge in [0.2, 0.25) is 5.91 Å². The zero-order valence-electron chi connectivity index (χ0n) is 9.90. The largest absolute Gasteiger partial charge is 0.466 e. The van der Waals surface area contributed by atoms with Crippen LogP contribution in [-0.2, 0) is 14.3 Å². The van der Waals surface area contributed by atoms with E-state index >= 15 is 0 Å². The van der Waals surface area contributed by atoms with Crippen LogP contribution in [0.15, 0.2) is 42.5 Å². The summed E-state index contributed by atoms with van der Waals surface area (Å²) in [5, 5.41) is 2.69. The number of amides is 1. The average Bonchev–Trinajstić information content (AvgIpc) is 2.37. The predicted octanol–water partition coefficient (Wildman–Crippen LogP) is 1.99. The highest BCUT2D eigenvalue weighted by atomic mass is 16.5. The summed E-state index contributed by atoms with van der Waals surface area (Å²) in [6.07, 6.45) is 0. The summed E-state index contributed by atoms with van der Waals surface area (Å²) in [4.78, 5) is 23.0. The molecule has 0 aliphatic heterocycles. The lowest BCUT2D eigenvalue weighted by molar-refractivity contribution is -0.137. The zero-order chi connectivity index (χ0) is 12.8. The van der Waals surface area contributed by atoms with Crippen LogP contribution in [0, 0.1) is 5.92 Å². The normalized spacial score (nSPS) is 11.4. The molecule has 0 heterocycles. The second kappa shape index (κ2) is 5.84. The number of nitrogens with one attached hydrogen (secondary N) is 1. The van der Waals surface area contributed by atoms with Gasteiger partial charge >= 0.3 is 5.97 Å². The molecule has 1 amide bonds. The van der Waals surface area contributed by atoms with Gasteiger partial charge in [0.15, 0.2) is 0 Å². The van der Waals surface area contributed by atoms with E-state index in [1.54, 1.807) is 19.1 Å². The minimum atomic E-state index is -0.623. The Labute approximate surface area is 100 Å². The minimum Gasteiger partial charge on any atom is -0.466 e. The first-order valence-corrected chi connectivity index (χ1v) is 5.19. The maximum atomic E-state index is 11.8. The van der Waals surface area contributed by atoms with E-state index in [2.05, 4.69) is 16.6 Å². The molecule has 1 rings (SSSR count). The summed E-state index contributed by atoms with van der Waals surface area (Å²) in [5.41, 5.74) is 0.822. The number of hydrogen-bond acceptors (Lipinski definition) is 3. The van der Waals surface area contributed by atoms with Gasteiger partial charge < -0.3 is 10.1 Å². The molecule has 1 atom stereocenters. The molecule has 0 saturated carbocycles. The number of anilines is 1. The molecule has 90 valence electrons. The van der Waals surface area contributed by atoms with Gasteiger partial charge in [-0.1, -0.05) is 24.8 Å². The van der Waals surface area contributed by atoms with Crippen molar-refractivity contribution in [3.05, 3.63) is 42.5 Å². The first-order valence-electron chi connectivity index (χ1n) is 5.19. The lowest BCUT2D eigenvalue weighted by Crippen LogP contribution is -2.25. The van der Waals surface area contributed by atoms with Crippen molar-refractivity contribution in [1.82, 2.24) is 0 Å². The zero-order valence-corrected chi connectivity index (χ0v) is 9.90. The molecule has 0 aliphatic carbocycles. The molecule has 1 aromatic carbocycles. The summed E-state index contributed by atoms with van der Waals surface area (Å²) in [5.74, 6) is -1.48. The van der Waals surface area contributed by atoms with Gasteiger partial charge in [-0.05, 0) is 19.1 Å². The topological polar surface area (TPSA) is 55.4 Å². The second-order valence-electron chi connectivity index (χ2n) is 3.59. The van der Waals surface area contributed by atoms with Crippen LogP contribution in [0.2, 0.25) is 0 Å². The van der Waals surface area contributed by atoms with Crippen molar-refractivity contribution in [1.29, 1.82) is 0 Å². The number of para-hydroxylation sites is 1. The maximum absolute atomic E-state index is 11.8. The Kier molecular flexibility index (Phi) is 4.46. The Morgan fingerprint density at radius 2 is 1.88 bits per heavy atom. The summed E-state index contributed by atoms with van der Waals surface area (Å²) in [6, 6.07) is 9.02. The SMILES string of the molecule is C=C(C(=O)OC)C(C)C(=O)Nc1ccccc1. The molecule has 4 nitrogen and oxygen atoms in total. The highest BCUT2D eigenvalue weighted by Gasteiger charge is 2.22. The van der Waals surface area contributed by atoms with Gasteiger partial charge in [0, 0.05) is 11.3 Å². The Bertz CT molecular complexity index is 426. The smallest absolute Gasteiger partial charge is 0.333 e. The number of methoxy groups -OCH3 is 1. The molecule has 1 unspecified atom stereocenters. The number of carbonyl (C=O) groups is 2. The van der Waals surface area contributed by atoms with Gasteiger partial charge in [-0.25, -0.2) is 4.79 Å². The first kappa shape index (κ1) is 13.0. The van der Waals surface area contributed by atoms with E-state index in [-0.39, 0.29) is 11.5 Å². The Hall–Kier alpha value is -2.10. The number of benzene rings is 1. The van der Waals surface area contributed by atoms with Crippen molar-refractivity contribution in [2.24, 2.45) is 5.92 Å². The highest BCUT2D eigenvalue weighted by molar-refractivity contribution is 6.01. The Morgan fingerprint density at radius 1 is 1.29 bits per heavy atom. The molecule has 0 saturated heterocycles. The molecule has 0 radical (unpaired) electrons. The lowest BCUT2D eigenvalue weighted by atomic mass is 10.0. The van der Waals surface area contributed by atoms with Crippen LogP contribution >= 0.6 is 0 Å². The van der Waals surface area contributed by atoms with Gasteiger partial charge in [0.1, 0.15) is 0 Å².